The van der Waals surface area contributed by atoms with Crippen LogP contribution in [0.2, 0.25) is 5.02 Å². The van der Waals surface area contributed by atoms with Gasteiger partial charge in [0, 0.05) is 18.0 Å². The Kier molecular flexibility index (Phi) is 2.96. The number of rotatable bonds is 2. The molecule has 2 heterocycles. The van der Waals surface area contributed by atoms with Crippen molar-refractivity contribution < 1.29 is 0 Å². The highest BCUT2D eigenvalue weighted by Gasteiger charge is 2.16. The van der Waals surface area contributed by atoms with Crippen molar-refractivity contribution in [3.8, 4) is 0 Å². The molecular weight excluding hydrogens is 250 g/mol. The van der Waals surface area contributed by atoms with Gasteiger partial charge in [-0.2, -0.15) is 5.10 Å². The smallest absolute Gasteiger partial charge is 0.279 e. The molecule has 0 amide bonds. The number of halogens is 1. The molecule has 1 aromatic heterocycles. The minimum atomic E-state index is -0.00956. The van der Waals surface area contributed by atoms with E-state index in [0.29, 0.717) is 11.6 Å². The van der Waals surface area contributed by atoms with E-state index in [1.807, 2.05) is 24.3 Å². The number of benzene rings is 1. The molecule has 0 saturated carbocycles. The molecule has 94 valence electrons. The van der Waals surface area contributed by atoms with Crippen LogP contribution in [0.15, 0.2) is 29.1 Å². The van der Waals surface area contributed by atoms with E-state index < -0.39 is 0 Å². The van der Waals surface area contributed by atoms with E-state index in [9.17, 15) is 4.79 Å². The van der Waals surface area contributed by atoms with Gasteiger partial charge in [-0.15, -0.1) is 0 Å². The summed E-state index contributed by atoms with van der Waals surface area (Å²) in [5.74, 6) is 0.910. The normalized spacial score (nSPS) is 14.5. The first-order valence-corrected chi connectivity index (χ1v) is 6.53. The average Bonchev–Trinajstić information content (AvgIpc) is 2.67. The number of aryl methyl sites for hydroxylation is 1. The number of aromatic nitrogens is 3. The lowest BCUT2D eigenvalue weighted by atomic mass is 10.2. The largest absolute Gasteiger partial charge is 0.346 e. The summed E-state index contributed by atoms with van der Waals surface area (Å²) in [6.45, 7) is 1.28. The zero-order chi connectivity index (χ0) is 12.5. The van der Waals surface area contributed by atoms with Crippen molar-refractivity contribution in [3.05, 3.63) is 51.2 Å². The summed E-state index contributed by atoms with van der Waals surface area (Å²) in [4.78, 5) is 12.1. The second kappa shape index (κ2) is 4.61. The van der Waals surface area contributed by atoms with Crippen LogP contribution in [-0.4, -0.2) is 14.3 Å². The summed E-state index contributed by atoms with van der Waals surface area (Å²) in [5, 5.41) is 5.08. The first kappa shape index (κ1) is 11.5. The molecular formula is C13H14ClN3O. The van der Waals surface area contributed by atoms with Gasteiger partial charge in [0.1, 0.15) is 5.82 Å². The molecule has 4 nitrogen and oxygen atoms in total. The molecule has 0 spiro atoms. The molecule has 3 rings (SSSR count). The third-order valence-electron chi connectivity index (χ3n) is 3.25. The van der Waals surface area contributed by atoms with Gasteiger partial charge in [0.15, 0.2) is 0 Å². The quantitative estimate of drug-likeness (QED) is 0.832. The topological polar surface area (TPSA) is 39.8 Å². The fraction of sp³-hybridized carbons (Fsp3) is 0.385. The molecule has 1 aromatic carbocycles. The van der Waals surface area contributed by atoms with Gasteiger partial charge in [-0.05, 0) is 30.5 Å². The Labute approximate surface area is 110 Å². The van der Waals surface area contributed by atoms with Crippen molar-refractivity contribution >= 4 is 11.6 Å². The third-order valence-corrected chi connectivity index (χ3v) is 3.49. The number of hydrogen-bond acceptors (Lipinski definition) is 2. The van der Waals surface area contributed by atoms with Crippen LogP contribution in [-0.2, 0) is 19.5 Å². The maximum Gasteiger partial charge on any atom is 0.346 e. The Bertz CT molecular complexity index is 629. The fourth-order valence-electron chi connectivity index (χ4n) is 2.36. The molecule has 0 saturated heterocycles. The summed E-state index contributed by atoms with van der Waals surface area (Å²) in [6, 6.07) is 7.54. The SMILES string of the molecule is O=c1n(Cc2cccc(Cl)c2)nc2n1CCCC2. The highest BCUT2D eigenvalue weighted by Crippen LogP contribution is 2.13. The van der Waals surface area contributed by atoms with E-state index in [-0.39, 0.29) is 5.69 Å². The monoisotopic (exact) mass is 263 g/mol. The van der Waals surface area contributed by atoms with Gasteiger partial charge in [-0.1, -0.05) is 23.7 Å². The van der Waals surface area contributed by atoms with Gasteiger partial charge < -0.3 is 0 Å². The lowest BCUT2D eigenvalue weighted by molar-refractivity contribution is 0.511. The van der Waals surface area contributed by atoms with Crippen LogP contribution < -0.4 is 5.69 Å². The summed E-state index contributed by atoms with van der Waals surface area (Å²) in [7, 11) is 0. The summed E-state index contributed by atoms with van der Waals surface area (Å²) in [5.41, 5.74) is 0.990. The highest BCUT2D eigenvalue weighted by molar-refractivity contribution is 6.30. The minimum Gasteiger partial charge on any atom is -0.279 e. The van der Waals surface area contributed by atoms with Crippen LogP contribution in [0.4, 0.5) is 0 Å². The molecule has 0 unspecified atom stereocenters. The lowest BCUT2D eigenvalue weighted by Crippen LogP contribution is -2.27. The Morgan fingerprint density at radius 1 is 1.33 bits per heavy atom. The maximum atomic E-state index is 12.1. The number of hydrogen-bond donors (Lipinski definition) is 0. The van der Waals surface area contributed by atoms with Crippen molar-refractivity contribution in [2.75, 3.05) is 0 Å². The zero-order valence-electron chi connectivity index (χ0n) is 9.97. The van der Waals surface area contributed by atoms with Gasteiger partial charge >= 0.3 is 5.69 Å². The van der Waals surface area contributed by atoms with Gasteiger partial charge in [-0.25, -0.2) is 9.48 Å². The van der Waals surface area contributed by atoms with E-state index in [2.05, 4.69) is 5.10 Å². The van der Waals surface area contributed by atoms with Crippen LogP contribution in [0.5, 0.6) is 0 Å². The van der Waals surface area contributed by atoms with E-state index in [4.69, 9.17) is 11.6 Å². The van der Waals surface area contributed by atoms with Crippen molar-refractivity contribution in [2.45, 2.75) is 32.4 Å². The van der Waals surface area contributed by atoms with Crippen LogP contribution in [0, 0.1) is 0 Å². The number of fused-ring (bicyclic) bond motifs is 1. The van der Waals surface area contributed by atoms with Crippen LogP contribution >= 0.6 is 11.6 Å². The molecule has 1 aliphatic rings. The first-order valence-electron chi connectivity index (χ1n) is 6.15. The number of nitrogens with zero attached hydrogens (tertiary/aromatic N) is 3. The second-order valence-electron chi connectivity index (χ2n) is 4.60. The summed E-state index contributed by atoms with van der Waals surface area (Å²) in [6.07, 6.45) is 3.08. The van der Waals surface area contributed by atoms with Crippen molar-refractivity contribution in [1.82, 2.24) is 14.3 Å². The predicted octanol–water partition coefficient (Wildman–Crippen LogP) is 2.08. The van der Waals surface area contributed by atoms with Crippen LogP contribution in [0.1, 0.15) is 24.2 Å². The summed E-state index contributed by atoms with van der Waals surface area (Å²) >= 11 is 5.94. The zero-order valence-corrected chi connectivity index (χ0v) is 10.7. The van der Waals surface area contributed by atoms with E-state index in [1.54, 1.807) is 4.57 Å². The molecule has 0 fully saturated rings. The molecule has 0 radical (unpaired) electrons. The predicted molar refractivity (Wildman–Crippen MR) is 70.0 cm³/mol. The molecule has 5 heteroatoms. The molecule has 18 heavy (non-hydrogen) atoms. The summed E-state index contributed by atoms with van der Waals surface area (Å²) < 4.78 is 3.32. The molecule has 0 atom stereocenters. The van der Waals surface area contributed by atoms with E-state index in [0.717, 1.165) is 37.2 Å². The van der Waals surface area contributed by atoms with Gasteiger partial charge in [0.2, 0.25) is 0 Å². The van der Waals surface area contributed by atoms with E-state index >= 15 is 0 Å². The highest BCUT2D eigenvalue weighted by atomic mass is 35.5. The average molecular weight is 264 g/mol. The van der Waals surface area contributed by atoms with Crippen LogP contribution in [0.3, 0.4) is 0 Å². The Balaban J connectivity index is 1.94. The van der Waals surface area contributed by atoms with Crippen LogP contribution in [0.25, 0.3) is 0 Å². The minimum absolute atomic E-state index is 0.00956. The van der Waals surface area contributed by atoms with Crippen molar-refractivity contribution in [3.63, 3.8) is 0 Å². The van der Waals surface area contributed by atoms with Gasteiger partial charge in [0.05, 0.1) is 6.54 Å². The lowest BCUT2D eigenvalue weighted by Gasteiger charge is -2.09. The molecule has 2 aromatic rings. The van der Waals surface area contributed by atoms with Gasteiger partial charge in [0.25, 0.3) is 0 Å². The molecule has 0 aliphatic carbocycles. The first-order chi connectivity index (χ1) is 8.74. The molecule has 0 bridgehead atoms. The maximum absolute atomic E-state index is 12.1. The Morgan fingerprint density at radius 3 is 3.00 bits per heavy atom. The fourth-order valence-corrected chi connectivity index (χ4v) is 2.57. The molecule has 0 N–H and O–H groups in total. The standard InChI is InChI=1S/C13H14ClN3O/c14-11-5-3-4-10(8-11)9-17-13(18)16-7-2-1-6-12(16)15-17/h3-5,8H,1-2,6-7,9H2. The van der Waals surface area contributed by atoms with Gasteiger partial charge in [-0.3, -0.25) is 4.57 Å². The Hall–Kier alpha value is -1.55. The van der Waals surface area contributed by atoms with Crippen molar-refractivity contribution in [1.29, 1.82) is 0 Å². The molecule has 1 aliphatic heterocycles. The second-order valence-corrected chi connectivity index (χ2v) is 5.03. The van der Waals surface area contributed by atoms with E-state index in [1.165, 1.54) is 4.68 Å². The van der Waals surface area contributed by atoms with Crippen molar-refractivity contribution in [2.24, 2.45) is 0 Å². The Morgan fingerprint density at radius 2 is 2.22 bits per heavy atom. The third kappa shape index (κ3) is 2.08.